The van der Waals surface area contributed by atoms with Gasteiger partial charge in [-0.3, -0.25) is 4.79 Å². The summed E-state index contributed by atoms with van der Waals surface area (Å²) < 4.78 is 0. The van der Waals surface area contributed by atoms with E-state index in [1.54, 1.807) is 5.38 Å². The Kier molecular flexibility index (Phi) is 1.68. The van der Waals surface area contributed by atoms with Crippen LogP contribution < -0.4 is 10.6 Å². The molecule has 1 unspecified atom stereocenters. The molecule has 0 aliphatic heterocycles. The number of nitrogens with two attached hydrogens (primary N) is 1. The molecule has 1 rings (SSSR count). The van der Waals surface area contributed by atoms with Crippen molar-refractivity contribution in [3.8, 4) is 0 Å². The predicted octanol–water partition coefficient (Wildman–Crippen LogP) is 0.456. The molecule has 0 spiro atoms. The molecule has 0 saturated heterocycles. The van der Waals surface area contributed by atoms with E-state index in [-0.39, 0.29) is 10.9 Å². The average Bonchev–Trinajstić information content (AvgIpc) is 2.14. The summed E-state index contributed by atoms with van der Waals surface area (Å²) in [6, 6.07) is -0.0658. The molecule has 0 saturated carbocycles. The minimum atomic E-state index is -0.0658. The van der Waals surface area contributed by atoms with Crippen molar-refractivity contribution in [2.45, 2.75) is 13.0 Å². The Labute approximate surface area is 56.5 Å². The summed E-state index contributed by atoms with van der Waals surface area (Å²) in [7, 11) is 0. The van der Waals surface area contributed by atoms with Crippen LogP contribution in [-0.4, -0.2) is 4.98 Å². The molecule has 50 valence electrons. The van der Waals surface area contributed by atoms with Crippen molar-refractivity contribution in [1.82, 2.24) is 4.98 Å². The Bertz CT molecular complexity index is 237. The summed E-state index contributed by atoms with van der Waals surface area (Å²) in [4.78, 5) is 13.1. The zero-order chi connectivity index (χ0) is 6.85. The Balaban J connectivity index is 2.98. The first-order chi connectivity index (χ1) is 4.20. The largest absolute Gasteiger partial charge is 0.323 e. The van der Waals surface area contributed by atoms with Gasteiger partial charge in [-0.1, -0.05) is 11.3 Å². The van der Waals surface area contributed by atoms with Gasteiger partial charge in [0.1, 0.15) is 0 Å². The van der Waals surface area contributed by atoms with E-state index < -0.39 is 0 Å². The van der Waals surface area contributed by atoms with Crippen molar-refractivity contribution >= 4 is 11.3 Å². The molecule has 0 radical (unpaired) electrons. The molecule has 1 aromatic rings. The quantitative estimate of drug-likeness (QED) is 0.601. The van der Waals surface area contributed by atoms with Gasteiger partial charge in [-0.05, 0) is 6.92 Å². The minimum absolute atomic E-state index is 0.0395. The van der Waals surface area contributed by atoms with Crippen LogP contribution in [0.3, 0.4) is 0 Å². The molecule has 0 bridgehead atoms. The van der Waals surface area contributed by atoms with Crippen LogP contribution in [0, 0.1) is 0 Å². The topological polar surface area (TPSA) is 58.9 Å². The van der Waals surface area contributed by atoms with Gasteiger partial charge >= 0.3 is 4.87 Å². The molecule has 4 heteroatoms. The molecule has 0 amide bonds. The van der Waals surface area contributed by atoms with E-state index in [1.165, 1.54) is 0 Å². The maximum Gasteiger partial charge on any atom is 0.304 e. The normalized spacial score (nSPS) is 13.6. The summed E-state index contributed by atoms with van der Waals surface area (Å²) in [5.41, 5.74) is 6.27. The van der Waals surface area contributed by atoms with E-state index in [9.17, 15) is 4.79 Å². The number of thiazole rings is 1. The third-order valence-corrected chi connectivity index (χ3v) is 1.72. The molecule has 1 aromatic heterocycles. The van der Waals surface area contributed by atoms with Crippen LogP contribution in [-0.2, 0) is 0 Å². The van der Waals surface area contributed by atoms with E-state index in [0.717, 1.165) is 17.0 Å². The number of aromatic nitrogens is 1. The van der Waals surface area contributed by atoms with Crippen LogP contribution in [0.4, 0.5) is 0 Å². The predicted molar refractivity (Wildman–Crippen MR) is 37.5 cm³/mol. The number of H-pyrrole nitrogens is 1. The second-order valence-corrected chi connectivity index (χ2v) is 2.73. The molecule has 0 aliphatic rings. The minimum Gasteiger partial charge on any atom is -0.323 e. The van der Waals surface area contributed by atoms with Crippen LogP contribution >= 0.6 is 11.3 Å². The van der Waals surface area contributed by atoms with Crippen LogP contribution in [0.15, 0.2) is 10.2 Å². The van der Waals surface area contributed by atoms with Crippen LogP contribution in [0.5, 0.6) is 0 Å². The lowest BCUT2D eigenvalue weighted by Gasteiger charge is -1.96. The zero-order valence-electron chi connectivity index (χ0n) is 5.05. The maximum atomic E-state index is 10.5. The van der Waals surface area contributed by atoms with Gasteiger partial charge in [0.25, 0.3) is 0 Å². The standard InChI is InChI=1S/C5H8N2OS/c1-3(6)4-2-9-5(8)7-4/h2-3H,6H2,1H3,(H,7,8). The smallest absolute Gasteiger partial charge is 0.304 e. The number of rotatable bonds is 1. The fourth-order valence-electron chi connectivity index (χ4n) is 0.515. The van der Waals surface area contributed by atoms with E-state index in [4.69, 9.17) is 5.73 Å². The van der Waals surface area contributed by atoms with E-state index in [1.807, 2.05) is 6.92 Å². The van der Waals surface area contributed by atoms with Gasteiger partial charge < -0.3 is 10.7 Å². The third-order valence-electron chi connectivity index (χ3n) is 1.03. The number of nitrogens with one attached hydrogen (secondary N) is 1. The highest BCUT2D eigenvalue weighted by molar-refractivity contribution is 7.07. The zero-order valence-corrected chi connectivity index (χ0v) is 5.87. The molecule has 0 aliphatic carbocycles. The molecule has 0 aromatic carbocycles. The first-order valence-corrected chi connectivity index (χ1v) is 3.51. The van der Waals surface area contributed by atoms with Gasteiger partial charge in [-0.2, -0.15) is 0 Å². The summed E-state index contributed by atoms with van der Waals surface area (Å²) in [6.07, 6.45) is 0. The molecule has 0 fully saturated rings. The van der Waals surface area contributed by atoms with Gasteiger partial charge in [0.2, 0.25) is 0 Å². The van der Waals surface area contributed by atoms with Crippen molar-refractivity contribution in [3.63, 3.8) is 0 Å². The molecule has 1 heterocycles. The van der Waals surface area contributed by atoms with E-state index in [0.29, 0.717) is 0 Å². The first-order valence-electron chi connectivity index (χ1n) is 2.63. The lowest BCUT2D eigenvalue weighted by Crippen LogP contribution is -2.07. The molecular formula is C5H8N2OS. The SMILES string of the molecule is CC(N)c1csc(=O)[nH]1. The van der Waals surface area contributed by atoms with Crippen molar-refractivity contribution in [1.29, 1.82) is 0 Å². The van der Waals surface area contributed by atoms with Crippen LogP contribution in [0.1, 0.15) is 18.7 Å². The lowest BCUT2D eigenvalue weighted by atomic mass is 10.3. The van der Waals surface area contributed by atoms with E-state index in [2.05, 4.69) is 4.98 Å². The van der Waals surface area contributed by atoms with Crippen LogP contribution in [0.25, 0.3) is 0 Å². The van der Waals surface area contributed by atoms with Gasteiger partial charge in [-0.15, -0.1) is 0 Å². The highest BCUT2D eigenvalue weighted by atomic mass is 32.1. The second kappa shape index (κ2) is 2.33. The first kappa shape index (κ1) is 6.51. The summed E-state index contributed by atoms with van der Waals surface area (Å²) in [5.74, 6) is 0. The highest BCUT2D eigenvalue weighted by Gasteiger charge is 1.99. The van der Waals surface area contributed by atoms with Gasteiger partial charge in [-0.25, -0.2) is 0 Å². The fraction of sp³-hybridized carbons (Fsp3) is 0.400. The van der Waals surface area contributed by atoms with Crippen molar-refractivity contribution in [2.75, 3.05) is 0 Å². The summed E-state index contributed by atoms with van der Waals surface area (Å²) >= 11 is 1.14. The molecule has 3 nitrogen and oxygen atoms in total. The van der Waals surface area contributed by atoms with Crippen molar-refractivity contribution in [3.05, 3.63) is 20.7 Å². The van der Waals surface area contributed by atoms with Gasteiger partial charge in [0.15, 0.2) is 0 Å². The highest BCUT2D eigenvalue weighted by Crippen LogP contribution is 2.04. The Morgan fingerprint density at radius 1 is 1.89 bits per heavy atom. The molecule has 3 N–H and O–H groups in total. The van der Waals surface area contributed by atoms with Crippen molar-refractivity contribution in [2.24, 2.45) is 5.73 Å². The lowest BCUT2D eigenvalue weighted by molar-refractivity contribution is 0.786. The summed E-state index contributed by atoms with van der Waals surface area (Å²) in [5, 5.41) is 1.74. The van der Waals surface area contributed by atoms with Gasteiger partial charge in [0.05, 0.1) is 0 Å². The molecule has 9 heavy (non-hydrogen) atoms. The Morgan fingerprint density at radius 2 is 2.56 bits per heavy atom. The van der Waals surface area contributed by atoms with E-state index >= 15 is 0 Å². The number of hydrogen-bond donors (Lipinski definition) is 2. The third kappa shape index (κ3) is 1.40. The Morgan fingerprint density at radius 3 is 2.78 bits per heavy atom. The van der Waals surface area contributed by atoms with Gasteiger partial charge in [0, 0.05) is 17.1 Å². The van der Waals surface area contributed by atoms with Crippen LogP contribution in [0.2, 0.25) is 0 Å². The molecule has 1 atom stereocenters. The number of aromatic amines is 1. The maximum absolute atomic E-state index is 10.5. The fourth-order valence-corrected chi connectivity index (χ4v) is 1.20. The van der Waals surface area contributed by atoms with Crippen molar-refractivity contribution < 1.29 is 0 Å². The number of hydrogen-bond acceptors (Lipinski definition) is 3. The second-order valence-electron chi connectivity index (χ2n) is 1.89. The summed E-state index contributed by atoms with van der Waals surface area (Å²) in [6.45, 7) is 1.83. The monoisotopic (exact) mass is 144 g/mol. The average molecular weight is 144 g/mol. The molecular weight excluding hydrogens is 136 g/mol. The Hall–Kier alpha value is -0.610.